The summed E-state index contributed by atoms with van der Waals surface area (Å²) in [6.45, 7) is 7.98. The lowest BCUT2D eigenvalue weighted by Crippen LogP contribution is -2.63. The molecular formula is C17H24N2O2. The Bertz CT molecular complexity index is 533. The van der Waals surface area contributed by atoms with Crippen molar-refractivity contribution in [1.29, 1.82) is 0 Å². The molecular weight excluding hydrogens is 264 g/mol. The third-order valence-corrected chi connectivity index (χ3v) is 3.92. The van der Waals surface area contributed by atoms with Gasteiger partial charge in [0.15, 0.2) is 0 Å². The predicted molar refractivity (Wildman–Crippen MR) is 84.3 cm³/mol. The Morgan fingerprint density at radius 1 is 1.10 bits per heavy atom. The molecule has 114 valence electrons. The average Bonchev–Trinajstić information content (AvgIpc) is 2.41. The fourth-order valence-corrected chi connectivity index (χ4v) is 3.02. The molecule has 1 aromatic rings. The summed E-state index contributed by atoms with van der Waals surface area (Å²) >= 11 is 0. The number of nitrogens with zero attached hydrogens (tertiary/aromatic N) is 1. The van der Waals surface area contributed by atoms with Gasteiger partial charge in [-0.1, -0.05) is 26.3 Å². The standard InChI is InChI=1S/C17H24N2O2/c1-5-7-14-17(21)19(15(6-2)16(20)18-14)13-9-11(3)8-12(4)10-13/h8-10,14-15H,5-7H2,1-4H3,(H,18,20). The first kappa shape index (κ1) is 15.5. The lowest BCUT2D eigenvalue weighted by atomic mass is 10.00. The van der Waals surface area contributed by atoms with Gasteiger partial charge in [-0.05, 0) is 49.9 Å². The predicted octanol–water partition coefficient (Wildman–Crippen LogP) is 2.71. The second kappa shape index (κ2) is 6.29. The van der Waals surface area contributed by atoms with E-state index in [1.165, 1.54) is 0 Å². The minimum Gasteiger partial charge on any atom is -0.342 e. The number of rotatable bonds is 4. The highest BCUT2D eigenvalue weighted by molar-refractivity contribution is 6.08. The van der Waals surface area contributed by atoms with E-state index in [-0.39, 0.29) is 11.8 Å². The number of carbonyl (C=O) groups excluding carboxylic acids is 2. The van der Waals surface area contributed by atoms with Crippen molar-refractivity contribution in [1.82, 2.24) is 5.32 Å². The van der Waals surface area contributed by atoms with Gasteiger partial charge in [0.2, 0.25) is 11.8 Å². The summed E-state index contributed by atoms with van der Waals surface area (Å²) in [6, 6.07) is 5.23. The van der Waals surface area contributed by atoms with E-state index >= 15 is 0 Å². The van der Waals surface area contributed by atoms with Gasteiger partial charge in [-0.2, -0.15) is 0 Å². The van der Waals surface area contributed by atoms with E-state index < -0.39 is 12.1 Å². The van der Waals surface area contributed by atoms with Crippen LogP contribution in [0, 0.1) is 13.8 Å². The molecule has 1 fully saturated rings. The Morgan fingerprint density at radius 3 is 2.24 bits per heavy atom. The number of piperazine rings is 1. The van der Waals surface area contributed by atoms with Gasteiger partial charge in [-0.3, -0.25) is 14.5 Å². The summed E-state index contributed by atoms with van der Waals surface area (Å²) in [5.41, 5.74) is 3.04. The zero-order valence-electron chi connectivity index (χ0n) is 13.3. The Morgan fingerprint density at radius 2 is 1.71 bits per heavy atom. The van der Waals surface area contributed by atoms with Gasteiger partial charge >= 0.3 is 0 Å². The van der Waals surface area contributed by atoms with Crippen LogP contribution in [0.25, 0.3) is 0 Å². The van der Waals surface area contributed by atoms with Crippen LogP contribution in [0.1, 0.15) is 44.2 Å². The van der Waals surface area contributed by atoms with Crippen LogP contribution in [0.15, 0.2) is 18.2 Å². The summed E-state index contributed by atoms with van der Waals surface area (Å²) in [5, 5.41) is 2.87. The van der Waals surface area contributed by atoms with Crippen molar-refractivity contribution in [3.05, 3.63) is 29.3 Å². The number of carbonyl (C=O) groups is 2. The van der Waals surface area contributed by atoms with Gasteiger partial charge in [-0.15, -0.1) is 0 Å². The lowest BCUT2D eigenvalue weighted by Gasteiger charge is -2.39. The van der Waals surface area contributed by atoms with Crippen molar-refractivity contribution in [3.63, 3.8) is 0 Å². The Balaban J connectivity index is 2.43. The van der Waals surface area contributed by atoms with Crippen LogP contribution >= 0.6 is 0 Å². The topological polar surface area (TPSA) is 49.4 Å². The number of aryl methyl sites for hydroxylation is 2. The van der Waals surface area contributed by atoms with E-state index in [0.717, 1.165) is 23.2 Å². The zero-order chi connectivity index (χ0) is 15.6. The maximum atomic E-state index is 12.8. The molecule has 4 nitrogen and oxygen atoms in total. The molecule has 1 aliphatic rings. The van der Waals surface area contributed by atoms with Gasteiger partial charge in [0.25, 0.3) is 0 Å². The number of amides is 2. The van der Waals surface area contributed by atoms with E-state index in [1.54, 1.807) is 4.90 Å². The highest BCUT2D eigenvalue weighted by atomic mass is 16.2. The minimum absolute atomic E-state index is 0.00769. The van der Waals surface area contributed by atoms with Crippen LogP contribution in [0.5, 0.6) is 0 Å². The Labute approximate surface area is 126 Å². The number of benzene rings is 1. The molecule has 2 rings (SSSR count). The second-order valence-electron chi connectivity index (χ2n) is 5.83. The maximum absolute atomic E-state index is 12.8. The zero-order valence-corrected chi connectivity index (χ0v) is 13.3. The molecule has 0 aliphatic carbocycles. The molecule has 0 aromatic heterocycles. The average molecular weight is 288 g/mol. The monoisotopic (exact) mass is 288 g/mol. The fourth-order valence-electron chi connectivity index (χ4n) is 3.02. The number of anilines is 1. The van der Waals surface area contributed by atoms with Crippen molar-refractivity contribution >= 4 is 17.5 Å². The highest BCUT2D eigenvalue weighted by Gasteiger charge is 2.39. The van der Waals surface area contributed by atoms with E-state index in [9.17, 15) is 9.59 Å². The van der Waals surface area contributed by atoms with E-state index in [0.29, 0.717) is 12.8 Å². The summed E-state index contributed by atoms with van der Waals surface area (Å²) in [5.74, 6) is -0.0389. The molecule has 4 heteroatoms. The number of hydrogen-bond donors (Lipinski definition) is 1. The largest absolute Gasteiger partial charge is 0.342 e. The van der Waals surface area contributed by atoms with Crippen LogP contribution in [0.4, 0.5) is 5.69 Å². The summed E-state index contributed by atoms with van der Waals surface area (Å²) < 4.78 is 0. The second-order valence-corrected chi connectivity index (χ2v) is 5.83. The number of hydrogen-bond acceptors (Lipinski definition) is 2. The molecule has 1 heterocycles. The van der Waals surface area contributed by atoms with E-state index in [1.807, 2.05) is 39.8 Å². The van der Waals surface area contributed by atoms with Gasteiger partial charge in [0.05, 0.1) is 0 Å². The molecule has 1 aromatic carbocycles. The Hall–Kier alpha value is -1.84. The first-order valence-corrected chi connectivity index (χ1v) is 7.69. The van der Waals surface area contributed by atoms with Gasteiger partial charge in [0, 0.05) is 5.69 Å². The minimum atomic E-state index is -0.410. The fraction of sp³-hybridized carbons (Fsp3) is 0.529. The quantitative estimate of drug-likeness (QED) is 0.926. The molecule has 1 N–H and O–H groups in total. The molecule has 2 amide bonds. The van der Waals surface area contributed by atoms with Gasteiger partial charge < -0.3 is 5.32 Å². The molecule has 0 bridgehead atoms. The maximum Gasteiger partial charge on any atom is 0.250 e. The molecule has 21 heavy (non-hydrogen) atoms. The smallest absolute Gasteiger partial charge is 0.250 e. The number of nitrogens with one attached hydrogen (secondary N) is 1. The summed E-state index contributed by atoms with van der Waals surface area (Å²) in [4.78, 5) is 26.8. The van der Waals surface area contributed by atoms with Crippen molar-refractivity contribution in [3.8, 4) is 0 Å². The molecule has 2 unspecified atom stereocenters. The van der Waals surface area contributed by atoms with Crippen molar-refractivity contribution in [2.75, 3.05) is 4.90 Å². The summed E-state index contributed by atoms with van der Waals surface area (Å²) in [6.07, 6.45) is 2.17. The van der Waals surface area contributed by atoms with Gasteiger partial charge in [0.1, 0.15) is 12.1 Å². The molecule has 0 radical (unpaired) electrons. The normalized spacial score (nSPS) is 22.4. The lowest BCUT2D eigenvalue weighted by molar-refractivity contribution is -0.134. The third-order valence-electron chi connectivity index (χ3n) is 3.92. The van der Waals surface area contributed by atoms with E-state index in [2.05, 4.69) is 11.4 Å². The van der Waals surface area contributed by atoms with Crippen LogP contribution < -0.4 is 10.2 Å². The molecule has 2 atom stereocenters. The van der Waals surface area contributed by atoms with Crippen molar-refractivity contribution in [2.24, 2.45) is 0 Å². The van der Waals surface area contributed by atoms with Crippen molar-refractivity contribution in [2.45, 2.75) is 59.0 Å². The van der Waals surface area contributed by atoms with Crippen LogP contribution in [-0.4, -0.2) is 23.9 Å². The first-order valence-electron chi connectivity index (χ1n) is 7.69. The third kappa shape index (κ3) is 3.09. The van der Waals surface area contributed by atoms with Crippen LogP contribution in [0.2, 0.25) is 0 Å². The van der Waals surface area contributed by atoms with Gasteiger partial charge in [-0.25, -0.2) is 0 Å². The molecule has 1 aliphatic heterocycles. The first-order chi connectivity index (χ1) is 9.97. The molecule has 1 saturated heterocycles. The van der Waals surface area contributed by atoms with Crippen molar-refractivity contribution < 1.29 is 9.59 Å². The Kier molecular flexibility index (Phi) is 4.66. The molecule has 0 saturated carbocycles. The highest BCUT2D eigenvalue weighted by Crippen LogP contribution is 2.26. The SMILES string of the molecule is CCCC1NC(=O)C(CC)N(c2cc(C)cc(C)c2)C1=O. The van der Waals surface area contributed by atoms with Crippen LogP contribution in [-0.2, 0) is 9.59 Å². The van der Waals surface area contributed by atoms with E-state index in [4.69, 9.17) is 0 Å². The van der Waals surface area contributed by atoms with Crippen LogP contribution in [0.3, 0.4) is 0 Å². The summed E-state index contributed by atoms with van der Waals surface area (Å²) in [7, 11) is 0. The molecule has 0 spiro atoms.